The fourth-order valence-corrected chi connectivity index (χ4v) is 3.57. The van der Waals surface area contributed by atoms with Gasteiger partial charge in [-0.05, 0) is 26.2 Å². The van der Waals surface area contributed by atoms with Crippen LogP contribution in [0.3, 0.4) is 0 Å². The van der Waals surface area contributed by atoms with Crippen LogP contribution in [0.25, 0.3) is 10.9 Å². The molecule has 2 saturated heterocycles. The molecule has 4 rings (SSSR count). The average molecular weight is 354 g/mol. The van der Waals surface area contributed by atoms with E-state index in [4.69, 9.17) is 4.98 Å². The van der Waals surface area contributed by atoms with Gasteiger partial charge in [0.25, 0.3) is 5.91 Å². The average Bonchev–Trinajstić information content (AvgIpc) is 2.68. The summed E-state index contributed by atoms with van der Waals surface area (Å²) >= 11 is 0. The number of hydrogen-bond acceptors (Lipinski definition) is 6. The van der Waals surface area contributed by atoms with Crippen LogP contribution in [0.4, 0.5) is 5.82 Å². The summed E-state index contributed by atoms with van der Waals surface area (Å²) in [6.45, 7) is 7.08. The zero-order valence-electron chi connectivity index (χ0n) is 15.6. The van der Waals surface area contributed by atoms with Gasteiger partial charge in [-0.25, -0.2) is 9.97 Å². The quantitative estimate of drug-likeness (QED) is 0.794. The molecular formula is C19H26N6O. The highest BCUT2D eigenvalue weighted by molar-refractivity contribution is 5.96. The van der Waals surface area contributed by atoms with Crippen molar-refractivity contribution in [1.82, 2.24) is 24.7 Å². The van der Waals surface area contributed by atoms with Crippen LogP contribution in [0.2, 0.25) is 0 Å². The van der Waals surface area contributed by atoms with Crippen molar-refractivity contribution in [3.8, 4) is 0 Å². The lowest BCUT2D eigenvalue weighted by molar-refractivity contribution is 0.0652. The number of aromatic nitrogens is 2. The van der Waals surface area contributed by atoms with Crippen molar-refractivity contribution in [2.24, 2.45) is 0 Å². The van der Waals surface area contributed by atoms with Crippen molar-refractivity contribution >= 4 is 22.6 Å². The molecule has 2 fully saturated rings. The molecule has 0 unspecified atom stereocenters. The largest absolute Gasteiger partial charge is 0.353 e. The predicted molar refractivity (Wildman–Crippen MR) is 103 cm³/mol. The second-order valence-electron chi connectivity index (χ2n) is 7.27. The number of likely N-dealkylation sites (N-methyl/N-ethyl adjacent to an activating group) is 2. The first-order valence-electron chi connectivity index (χ1n) is 9.30. The van der Waals surface area contributed by atoms with Crippen LogP contribution in [0.15, 0.2) is 24.3 Å². The Hall–Kier alpha value is -2.25. The first-order chi connectivity index (χ1) is 12.6. The number of piperazine rings is 2. The third-order valence-electron chi connectivity index (χ3n) is 5.37. The van der Waals surface area contributed by atoms with Gasteiger partial charge in [0.1, 0.15) is 5.82 Å². The van der Waals surface area contributed by atoms with Gasteiger partial charge in [0.15, 0.2) is 0 Å². The number of anilines is 1. The van der Waals surface area contributed by atoms with E-state index in [1.165, 1.54) is 0 Å². The van der Waals surface area contributed by atoms with Crippen LogP contribution >= 0.6 is 0 Å². The smallest absolute Gasteiger partial charge is 0.291 e. The van der Waals surface area contributed by atoms with Crippen molar-refractivity contribution in [2.75, 3.05) is 71.4 Å². The van der Waals surface area contributed by atoms with Gasteiger partial charge in [0, 0.05) is 57.7 Å². The van der Waals surface area contributed by atoms with Gasteiger partial charge in [-0.15, -0.1) is 0 Å². The normalized spacial score (nSPS) is 19.9. The molecule has 0 atom stereocenters. The molecule has 0 bridgehead atoms. The van der Waals surface area contributed by atoms with E-state index in [0.29, 0.717) is 5.82 Å². The Morgan fingerprint density at radius 1 is 0.846 bits per heavy atom. The maximum atomic E-state index is 13.0. The number of para-hydroxylation sites is 1. The number of carbonyl (C=O) groups excluding carboxylic acids is 1. The highest BCUT2D eigenvalue weighted by Crippen LogP contribution is 2.25. The summed E-state index contributed by atoms with van der Waals surface area (Å²) in [5.41, 5.74) is 0.842. The standard InChI is InChI=1S/C19H26N6O/c1-22-7-11-24(12-8-22)18-15-5-3-4-6-16(15)20-17(21-18)19(26)25-13-9-23(2)10-14-25/h3-6H,7-14H2,1-2H3. The maximum absolute atomic E-state index is 13.0. The summed E-state index contributed by atoms with van der Waals surface area (Å²) in [6.07, 6.45) is 0. The van der Waals surface area contributed by atoms with Crippen molar-refractivity contribution in [3.63, 3.8) is 0 Å². The molecule has 26 heavy (non-hydrogen) atoms. The first kappa shape index (κ1) is 17.2. The molecule has 2 aromatic rings. The number of fused-ring (bicyclic) bond motifs is 1. The number of nitrogens with zero attached hydrogens (tertiary/aromatic N) is 6. The summed E-state index contributed by atoms with van der Waals surface area (Å²) in [7, 11) is 4.22. The Labute approximate surface area is 154 Å². The number of hydrogen-bond donors (Lipinski definition) is 0. The lowest BCUT2D eigenvalue weighted by Crippen LogP contribution is -2.48. The molecule has 1 aromatic heterocycles. The number of benzene rings is 1. The molecule has 0 N–H and O–H groups in total. The van der Waals surface area contributed by atoms with Crippen LogP contribution in [0.1, 0.15) is 10.6 Å². The van der Waals surface area contributed by atoms with Crippen molar-refractivity contribution in [2.45, 2.75) is 0 Å². The van der Waals surface area contributed by atoms with Crippen LogP contribution in [0, 0.1) is 0 Å². The monoisotopic (exact) mass is 354 g/mol. The van der Waals surface area contributed by atoms with Crippen molar-refractivity contribution in [1.29, 1.82) is 0 Å². The van der Waals surface area contributed by atoms with Gasteiger partial charge in [-0.2, -0.15) is 0 Å². The fourth-order valence-electron chi connectivity index (χ4n) is 3.57. The van der Waals surface area contributed by atoms with Crippen molar-refractivity contribution in [3.05, 3.63) is 30.1 Å². The summed E-state index contributed by atoms with van der Waals surface area (Å²) in [5.74, 6) is 1.16. The Kier molecular flexibility index (Phi) is 4.74. The molecular weight excluding hydrogens is 328 g/mol. The highest BCUT2D eigenvalue weighted by atomic mass is 16.2. The first-order valence-corrected chi connectivity index (χ1v) is 9.30. The van der Waals surface area contributed by atoms with E-state index in [9.17, 15) is 4.79 Å². The minimum absolute atomic E-state index is 0.0563. The molecule has 0 aliphatic carbocycles. The zero-order chi connectivity index (χ0) is 18.1. The van der Waals surface area contributed by atoms with Crippen molar-refractivity contribution < 1.29 is 4.79 Å². The molecule has 7 nitrogen and oxygen atoms in total. The molecule has 2 aliphatic heterocycles. The molecule has 0 spiro atoms. The lowest BCUT2D eigenvalue weighted by atomic mass is 10.2. The van der Waals surface area contributed by atoms with E-state index in [1.54, 1.807) is 0 Å². The van der Waals surface area contributed by atoms with Gasteiger partial charge < -0.3 is 19.6 Å². The van der Waals surface area contributed by atoms with Gasteiger partial charge in [-0.1, -0.05) is 12.1 Å². The highest BCUT2D eigenvalue weighted by Gasteiger charge is 2.25. The lowest BCUT2D eigenvalue weighted by Gasteiger charge is -2.34. The Balaban J connectivity index is 1.68. The molecule has 0 radical (unpaired) electrons. The van der Waals surface area contributed by atoms with E-state index in [2.05, 4.69) is 33.8 Å². The van der Waals surface area contributed by atoms with Gasteiger partial charge in [0.05, 0.1) is 5.52 Å². The van der Waals surface area contributed by atoms with Gasteiger partial charge >= 0.3 is 0 Å². The fraction of sp³-hybridized carbons (Fsp3) is 0.526. The molecule has 3 heterocycles. The maximum Gasteiger partial charge on any atom is 0.291 e. The molecule has 7 heteroatoms. The molecule has 1 aromatic carbocycles. The van der Waals surface area contributed by atoms with E-state index in [-0.39, 0.29) is 5.91 Å². The minimum atomic E-state index is -0.0563. The van der Waals surface area contributed by atoms with Gasteiger partial charge in [-0.3, -0.25) is 4.79 Å². The molecule has 0 saturated carbocycles. The van der Waals surface area contributed by atoms with E-state index < -0.39 is 0 Å². The number of rotatable bonds is 2. The van der Waals surface area contributed by atoms with Crippen LogP contribution in [-0.4, -0.2) is 97.0 Å². The Morgan fingerprint density at radius 2 is 1.46 bits per heavy atom. The second kappa shape index (κ2) is 7.17. The van der Waals surface area contributed by atoms with Crippen LogP contribution < -0.4 is 4.90 Å². The Morgan fingerprint density at radius 3 is 2.15 bits per heavy atom. The summed E-state index contributed by atoms with van der Waals surface area (Å²) in [5, 5.41) is 1.02. The number of carbonyl (C=O) groups is 1. The van der Waals surface area contributed by atoms with E-state index >= 15 is 0 Å². The third-order valence-corrected chi connectivity index (χ3v) is 5.37. The van der Waals surface area contributed by atoms with E-state index in [1.807, 2.05) is 29.2 Å². The SMILES string of the molecule is CN1CCN(C(=O)c2nc(N3CCN(C)CC3)c3ccccc3n2)CC1. The van der Waals surface area contributed by atoms with E-state index in [0.717, 1.165) is 69.1 Å². The number of amides is 1. The second-order valence-corrected chi connectivity index (χ2v) is 7.27. The molecule has 2 aliphatic rings. The minimum Gasteiger partial charge on any atom is -0.353 e. The third kappa shape index (κ3) is 3.37. The summed E-state index contributed by atoms with van der Waals surface area (Å²) in [6, 6.07) is 7.99. The summed E-state index contributed by atoms with van der Waals surface area (Å²) in [4.78, 5) is 31.0. The topological polar surface area (TPSA) is 55.8 Å². The summed E-state index contributed by atoms with van der Waals surface area (Å²) < 4.78 is 0. The molecule has 1 amide bonds. The van der Waals surface area contributed by atoms with Crippen LogP contribution in [0.5, 0.6) is 0 Å². The van der Waals surface area contributed by atoms with Gasteiger partial charge in [0.2, 0.25) is 5.82 Å². The molecule has 138 valence electrons. The Bertz CT molecular complexity index is 794. The van der Waals surface area contributed by atoms with Crippen LogP contribution in [-0.2, 0) is 0 Å². The predicted octanol–water partition coefficient (Wildman–Crippen LogP) is 0.769. The zero-order valence-corrected chi connectivity index (χ0v) is 15.6.